The number of hydrogen-bond acceptors (Lipinski definition) is 5. The molecule has 1 heterocycles. The summed E-state index contributed by atoms with van der Waals surface area (Å²) in [4.78, 5) is 38.3. The summed E-state index contributed by atoms with van der Waals surface area (Å²) in [7, 11) is 0. The normalized spacial score (nSPS) is 13.6. The fourth-order valence-corrected chi connectivity index (χ4v) is 5.43. The third-order valence-electron chi connectivity index (χ3n) is 6.71. The SMILES string of the molecule is Cc1ccc(C(=O)N[C@@H](C[C@@H](O)CNC(=O)CC(C)(C)CNC(=O)O)C(Cc2ccccc2)c2ccccc2)s1. The molecule has 1 unspecified atom stereocenters. The maximum atomic E-state index is 13.3. The van der Waals surface area contributed by atoms with Crippen molar-refractivity contribution in [2.24, 2.45) is 5.41 Å². The van der Waals surface area contributed by atoms with Gasteiger partial charge in [-0.15, -0.1) is 11.3 Å². The molecule has 1 aromatic heterocycles. The minimum absolute atomic E-state index is 0.0125. The molecule has 8 nitrogen and oxygen atoms in total. The molecule has 0 saturated carbocycles. The third kappa shape index (κ3) is 10.1. The highest BCUT2D eigenvalue weighted by molar-refractivity contribution is 7.13. The van der Waals surface area contributed by atoms with Gasteiger partial charge in [0, 0.05) is 36.3 Å². The second-order valence-corrected chi connectivity index (χ2v) is 12.2. The molecular weight excluding hydrogens is 526 g/mol. The second-order valence-electron chi connectivity index (χ2n) is 10.9. The van der Waals surface area contributed by atoms with Crippen LogP contribution in [0.3, 0.4) is 0 Å². The van der Waals surface area contributed by atoms with Gasteiger partial charge in [-0.05, 0) is 48.4 Å². The van der Waals surface area contributed by atoms with Gasteiger partial charge in [0.1, 0.15) is 0 Å². The van der Waals surface area contributed by atoms with E-state index in [1.807, 2.05) is 61.5 Å². The summed E-state index contributed by atoms with van der Waals surface area (Å²) in [6.45, 7) is 5.69. The monoisotopic (exact) mass is 565 g/mol. The number of carboxylic acid groups (broad SMARTS) is 1. The molecule has 5 N–H and O–H groups in total. The van der Waals surface area contributed by atoms with Gasteiger partial charge in [-0.1, -0.05) is 74.5 Å². The Morgan fingerprint density at radius 2 is 1.57 bits per heavy atom. The minimum Gasteiger partial charge on any atom is -0.465 e. The maximum absolute atomic E-state index is 13.3. The van der Waals surface area contributed by atoms with Crippen molar-refractivity contribution in [1.82, 2.24) is 16.0 Å². The summed E-state index contributed by atoms with van der Waals surface area (Å²) in [5, 5.41) is 28.2. The summed E-state index contributed by atoms with van der Waals surface area (Å²) in [5.74, 6) is -0.601. The van der Waals surface area contributed by atoms with Crippen LogP contribution in [0, 0.1) is 12.3 Å². The molecule has 0 bridgehead atoms. The molecule has 0 aliphatic carbocycles. The quantitative estimate of drug-likeness (QED) is 0.193. The Bertz CT molecular complexity index is 1250. The van der Waals surface area contributed by atoms with E-state index in [-0.39, 0.29) is 43.7 Å². The van der Waals surface area contributed by atoms with Crippen LogP contribution < -0.4 is 16.0 Å². The van der Waals surface area contributed by atoms with E-state index in [1.54, 1.807) is 19.9 Å². The van der Waals surface area contributed by atoms with Gasteiger partial charge in [-0.2, -0.15) is 0 Å². The Labute approximate surface area is 239 Å². The number of rotatable bonds is 14. The molecule has 3 aromatic rings. The van der Waals surface area contributed by atoms with Crippen molar-refractivity contribution in [3.05, 3.63) is 93.7 Å². The number of carbonyl (C=O) groups excluding carboxylic acids is 2. The predicted molar refractivity (Wildman–Crippen MR) is 158 cm³/mol. The minimum atomic E-state index is -1.14. The maximum Gasteiger partial charge on any atom is 0.404 e. The van der Waals surface area contributed by atoms with Gasteiger partial charge in [0.25, 0.3) is 5.91 Å². The zero-order chi connectivity index (χ0) is 29.1. The summed E-state index contributed by atoms with van der Waals surface area (Å²) in [5.41, 5.74) is 1.57. The van der Waals surface area contributed by atoms with E-state index in [9.17, 15) is 19.5 Å². The highest BCUT2D eigenvalue weighted by Gasteiger charge is 2.29. The van der Waals surface area contributed by atoms with Crippen molar-refractivity contribution in [3.8, 4) is 0 Å². The highest BCUT2D eigenvalue weighted by atomic mass is 32.1. The summed E-state index contributed by atoms with van der Waals surface area (Å²) < 4.78 is 0. The molecule has 3 amide bonds. The molecule has 0 fully saturated rings. The predicted octanol–water partition coefficient (Wildman–Crippen LogP) is 4.73. The largest absolute Gasteiger partial charge is 0.465 e. The lowest BCUT2D eigenvalue weighted by molar-refractivity contribution is -0.123. The van der Waals surface area contributed by atoms with Crippen molar-refractivity contribution in [3.63, 3.8) is 0 Å². The van der Waals surface area contributed by atoms with Crippen LogP contribution >= 0.6 is 11.3 Å². The Hall–Kier alpha value is -3.69. The number of aliphatic hydroxyl groups excluding tert-OH is 1. The Morgan fingerprint density at radius 3 is 2.17 bits per heavy atom. The number of aryl methyl sites for hydroxylation is 1. The molecule has 3 atom stereocenters. The van der Waals surface area contributed by atoms with Gasteiger partial charge in [0.15, 0.2) is 0 Å². The van der Waals surface area contributed by atoms with E-state index in [0.717, 1.165) is 16.0 Å². The Kier molecular flexibility index (Phi) is 11.3. The second kappa shape index (κ2) is 14.6. The summed E-state index contributed by atoms with van der Waals surface area (Å²) in [6.07, 6.45) is -1.08. The number of hydrogen-bond donors (Lipinski definition) is 5. The zero-order valence-corrected chi connectivity index (χ0v) is 24.0. The van der Waals surface area contributed by atoms with Crippen molar-refractivity contribution in [1.29, 1.82) is 0 Å². The Balaban J connectivity index is 1.76. The molecule has 0 radical (unpaired) electrons. The van der Waals surface area contributed by atoms with E-state index in [2.05, 4.69) is 28.1 Å². The van der Waals surface area contributed by atoms with E-state index in [4.69, 9.17) is 5.11 Å². The number of aliphatic hydroxyl groups is 1. The molecule has 2 aromatic carbocycles. The van der Waals surface area contributed by atoms with Gasteiger partial charge < -0.3 is 26.2 Å². The summed E-state index contributed by atoms with van der Waals surface area (Å²) >= 11 is 1.42. The van der Waals surface area contributed by atoms with E-state index >= 15 is 0 Å². The van der Waals surface area contributed by atoms with Crippen LogP contribution in [0.2, 0.25) is 0 Å². The number of thiophene rings is 1. The molecule has 0 saturated heterocycles. The summed E-state index contributed by atoms with van der Waals surface area (Å²) in [6, 6.07) is 23.3. The number of benzene rings is 2. The highest BCUT2D eigenvalue weighted by Crippen LogP contribution is 2.28. The molecule has 0 aliphatic rings. The van der Waals surface area contributed by atoms with E-state index in [1.165, 1.54) is 11.3 Å². The molecule has 3 rings (SSSR count). The van der Waals surface area contributed by atoms with Gasteiger partial charge in [0.2, 0.25) is 5.91 Å². The van der Waals surface area contributed by atoms with Crippen LogP contribution in [-0.4, -0.2) is 53.4 Å². The van der Waals surface area contributed by atoms with Gasteiger partial charge in [-0.25, -0.2) is 4.79 Å². The van der Waals surface area contributed by atoms with Crippen molar-refractivity contribution >= 4 is 29.2 Å². The zero-order valence-electron chi connectivity index (χ0n) is 23.2. The molecular formula is C31H39N3O5S. The molecule has 0 spiro atoms. The lowest BCUT2D eigenvalue weighted by atomic mass is 9.83. The lowest BCUT2D eigenvalue weighted by Gasteiger charge is -2.31. The average molecular weight is 566 g/mol. The fourth-order valence-electron chi connectivity index (χ4n) is 4.66. The van der Waals surface area contributed by atoms with Crippen LogP contribution in [0.1, 0.15) is 58.3 Å². The van der Waals surface area contributed by atoms with E-state index < -0.39 is 23.7 Å². The number of carbonyl (C=O) groups is 3. The Morgan fingerprint density at radius 1 is 0.925 bits per heavy atom. The fraction of sp³-hybridized carbons (Fsp3) is 0.387. The molecule has 9 heteroatoms. The van der Waals surface area contributed by atoms with Crippen LogP contribution in [0.4, 0.5) is 4.79 Å². The van der Waals surface area contributed by atoms with Gasteiger partial charge >= 0.3 is 6.09 Å². The van der Waals surface area contributed by atoms with Gasteiger partial charge in [0.05, 0.1) is 11.0 Å². The first-order valence-corrected chi connectivity index (χ1v) is 14.2. The van der Waals surface area contributed by atoms with Crippen molar-refractivity contribution in [2.45, 2.75) is 58.1 Å². The lowest BCUT2D eigenvalue weighted by Crippen LogP contribution is -2.45. The van der Waals surface area contributed by atoms with Crippen LogP contribution in [0.5, 0.6) is 0 Å². The van der Waals surface area contributed by atoms with Crippen LogP contribution in [-0.2, 0) is 11.2 Å². The molecule has 40 heavy (non-hydrogen) atoms. The van der Waals surface area contributed by atoms with Gasteiger partial charge in [-0.3, -0.25) is 9.59 Å². The van der Waals surface area contributed by atoms with Crippen LogP contribution in [0.25, 0.3) is 0 Å². The topological polar surface area (TPSA) is 128 Å². The third-order valence-corrected chi connectivity index (χ3v) is 7.71. The van der Waals surface area contributed by atoms with Crippen molar-refractivity contribution in [2.75, 3.05) is 13.1 Å². The van der Waals surface area contributed by atoms with Crippen molar-refractivity contribution < 1.29 is 24.6 Å². The van der Waals surface area contributed by atoms with Crippen LogP contribution in [0.15, 0.2) is 72.8 Å². The first-order chi connectivity index (χ1) is 19.0. The number of amides is 3. The molecule has 214 valence electrons. The first kappa shape index (κ1) is 30.8. The smallest absolute Gasteiger partial charge is 0.404 e. The first-order valence-electron chi connectivity index (χ1n) is 13.4. The number of nitrogens with one attached hydrogen (secondary N) is 3. The van der Waals surface area contributed by atoms with E-state index in [0.29, 0.717) is 11.3 Å². The average Bonchev–Trinajstić information content (AvgIpc) is 3.36. The standard InChI is InChI=1S/C31H39N3O5S/c1-21-14-15-27(40-21)29(37)34-26(17-24(35)19-32-28(36)18-31(2,3)20-33-30(38)39)25(23-12-8-5-9-13-23)16-22-10-6-4-7-11-22/h4-15,24-26,33,35H,16-20H2,1-3H3,(H,32,36)(H,34,37)(H,38,39)/t24-,25?,26+/m1/s1. The molecule has 0 aliphatic heterocycles.